The first-order chi connectivity index (χ1) is 10.1. The van der Waals surface area contributed by atoms with Gasteiger partial charge in [-0.1, -0.05) is 6.92 Å². The van der Waals surface area contributed by atoms with Crippen LogP contribution in [0.2, 0.25) is 0 Å². The third-order valence-corrected chi connectivity index (χ3v) is 3.41. The summed E-state index contributed by atoms with van der Waals surface area (Å²) in [4.78, 5) is 4.47. The molecule has 0 radical (unpaired) electrons. The molecule has 5 heteroatoms. The number of nitrogens with zero attached hydrogens (tertiary/aromatic N) is 2. The Hall–Kier alpha value is -2.43. The molecule has 108 valence electrons. The van der Waals surface area contributed by atoms with Crippen molar-refractivity contribution in [3.8, 4) is 11.4 Å². The topological polar surface area (TPSA) is 43.8 Å². The van der Waals surface area contributed by atoms with Crippen LogP contribution in [-0.2, 0) is 6.54 Å². The third-order valence-electron chi connectivity index (χ3n) is 3.41. The molecule has 21 heavy (non-hydrogen) atoms. The minimum Gasteiger partial charge on any atom is -0.398 e. The monoisotopic (exact) mass is 287 g/mol. The Bertz CT molecular complexity index is 809. The van der Waals surface area contributed by atoms with Crippen LogP contribution in [0.4, 0.5) is 14.5 Å². The number of halogens is 2. The number of hydrogen-bond acceptors (Lipinski definition) is 2. The fourth-order valence-electron chi connectivity index (χ4n) is 2.50. The van der Waals surface area contributed by atoms with Gasteiger partial charge in [0, 0.05) is 23.9 Å². The average Bonchev–Trinajstić information content (AvgIpc) is 2.77. The van der Waals surface area contributed by atoms with Gasteiger partial charge in [0.05, 0.1) is 11.0 Å². The van der Waals surface area contributed by atoms with Crippen LogP contribution in [-0.4, -0.2) is 9.55 Å². The van der Waals surface area contributed by atoms with E-state index >= 15 is 0 Å². The van der Waals surface area contributed by atoms with Crippen molar-refractivity contribution in [2.24, 2.45) is 0 Å². The molecule has 0 aliphatic carbocycles. The van der Waals surface area contributed by atoms with Crippen molar-refractivity contribution in [3.63, 3.8) is 0 Å². The summed E-state index contributed by atoms with van der Waals surface area (Å²) in [6, 6.07) is 8.73. The molecule has 0 aliphatic rings. The van der Waals surface area contributed by atoms with E-state index in [4.69, 9.17) is 5.73 Å². The van der Waals surface area contributed by atoms with Gasteiger partial charge < -0.3 is 10.3 Å². The Labute approximate surface area is 121 Å². The number of rotatable bonds is 3. The normalized spacial score (nSPS) is 11.2. The summed E-state index contributed by atoms with van der Waals surface area (Å²) in [7, 11) is 0. The average molecular weight is 287 g/mol. The predicted octanol–water partition coefficient (Wildman–Crippen LogP) is 3.97. The number of fused-ring (bicyclic) bond motifs is 1. The maximum absolute atomic E-state index is 13.4. The summed E-state index contributed by atoms with van der Waals surface area (Å²) in [6.07, 6.45) is 0.900. The summed E-state index contributed by atoms with van der Waals surface area (Å²) < 4.78 is 28.6. The van der Waals surface area contributed by atoms with Crippen molar-refractivity contribution in [3.05, 3.63) is 48.0 Å². The van der Waals surface area contributed by atoms with Crippen molar-refractivity contribution in [1.29, 1.82) is 0 Å². The van der Waals surface area contributed by atoms with Gasteiger partial charge in [0.25, 0.3) is 0 Å². The second-order valence-electron chi connectivity index (χ2n) is 4.95. The van der Waals surface area contributed by atoms with Gasteiger partial charge in [-0.05, 0) is 36.8 Å². The lowest BCUT2D eigenvalue weighted by molar-refractivity contribution is 0.628. The van der Waals surface area contributed by atoms with Crippen molar-refractivity contribution in [2.45, 2.75) is 19.9 Å². The number of aryl methyl sites for hydroxylation is 1. The van der Waals surface area contributed by atoms with Crippen LogP contribution in [0.1, 0.15) is 13.3 Å². The smallest absolute Gasteiger partial charge is 0.143 e. The van der Waals surface area contributed by atoms with Crippen LogP contribution in [0.3, 0.4) is 0 Å². The van der Waals surface area contributed by atoms with Crippen LogP contribution in [0.5, 0.6) is 0 Å². The summed E-state index contributed by atoms with van der Waals surface area (Å²) in [5.74, 6) is -0.0855. The van der Waals surface area contributed by atoms with Gasteiger partial charge in [0.15, 0.2) is 0 Å². The minimum absolute atomic E-state index is 0.322. The summed E-state index contributed by atoms with van der Waals surface area (Å²) in [5, 5.41) is 0. The molecule has 1 aromatic heterocycles. The zero-order chi connectivity index (χ0) is 15.0. The van der Waals surface area contributed by atoms with E-state index < -0.39 is 0 Å². The first-order valence-corrected chi connectivity index (χ1v) is 6.81. The molecule has 1 heterocycles. The molecule has 3 rings (SSSR count). The molecule has 2 N–H and O–H groups in total. The van der Waals surface area contributed by atoms with Gasteiger partial charge in [-0.15, -0.1) is 0 Å². The molecular weight excluding hydrogens is 272 g/mol. The van der Waals surface area contributed by atoms with E-state index in [1.54, 1.807) is 12.1 Å². The molecule has 3 aromatic rings. The number of nitrogens with two attached hydrogens (primary N) is 1. The molecule has 0 saturated carbocycles. The molecule has 0 atom stereocenters. The molecule has 0 bridgehead atoms. The van der Waals surface area contributed by atoms with Crippen LogP contribution in [0.15, 0.2) is 36.4 Å². The van der Waals surface area contributed by atoms with Crippen LogP contribution >= 0.6 is 0 Å². The largest absolute Gasteiger partial charge is 0.398 e. The molecule has 3 nitrogen and oxygen atoms in total. The minimum atomic E-state index is -0.388. The Balaban J connectivity index is 2.27. The summed E-state index contributed by atoms with van der Waals surface area (Å²) in [6.45, 7) is 2.78. The molecule has 0 saturated heterocycles. The number of aromatic nitrogens is 2. The Kier molecular flexibility index (Phi) is 3.33. The highest BCUT2D eigenvalue weighted by molar-refractivity contribution is 5.83. The second kappa shape index (κ2) is 5.16. The van der Waals surface area contributed by atoms with Gasteiger partial charge in [0.1, 0.15) is 17.5 Å². The quantitative estimate of drug-likeness (QED) is 0.741. The van der Waals surface area contributed by atoms with Crippen molar-refractivity contribution < 1.29 is 8.78 Å². The van der Waals surface area contributed by atoms with E-state index in [0.717, 1.165) is 18.5 Å². The van der Waals surface area contributed by atoms with Crippen molar-refractivity contribution >= 4 is 16.7 Å². The highest BCUT2D eigenvalue weighted by Gasteiger charge is 2.15. The van der Waals surface area contributed by atoms with E-state index in [9.17, 15) is 8.78 Å². The summed E-state index contributed by atoms with van der Waals surface area (Å²) in [5.41, 5.74) is 8.30. The molecule has 0 aliphatic heterocycles. The second-order valence-corrected chi connectivity index (χ2v) is 4.95. The number of hydrogen-bond donors (Lipinski definition) is 1. The molecule has 0 fully saturated rings. The third kappa shape index (κ3) is 2.35. The molecular formula is C16H15F2N3. The number of anilines is 1. The number of imidazole rings is 1. The standard InChI is InChI=1S/C16H15F2N3/c1-2-7-21-15-6-4-11(18)9-14(15)20-16(21)12-5-3-10(17)8-13(12)19/h3-6,8-9H,2,7,19H2,1H3. The zero-order valence-corrected chi connectivity index (χ0v) is 11.6. The lowest BCUT2D eigenvalue weighted by Crippen LogP contribution is -2.02. The number of nitrogen functional groups attached to an aromatic ring is 1. The fraction of sp³-hybridized carbons (Fsp3) is 0.188. The molecule has 0 spiro atoms. The first-order valence-electron chi connectivity index (χ1n) is 6.81. The Morgan fingerprint density at radius 3 is 2.52 bits per heavy atom. The van der Waals surface area contributed by atoms with Crippen molar-refractivity contribution in [2.75, 3.05) is 5.73 Å². The molecule has 0 unspecified atom stereocenters. The maximum atomic E-state index is 13.4. The molecule has 2 aromatic carbocycles. The van der Waals surface area contributed by atoms with E-state index in [1.807, 2.05) is 11.5 Å². The maximum Gasteiger partial charge on any atom is 0.143 e. The fourth-order valence-corrected chi connectivity index (χ4v) is 2.50. The summed E-state index contributed by atoms with van der Waals surface area (Å²) >= 11 is 0. The lowest BCUT2D eigenvalue weighted by atomic mass is 10.1. The number of benzene rings is 2. The van der Waals surface area contributed by atoms with E-state index in [-0.39, 0.29) is 11.6 Å². The van der Waals surface area contributed by atoms with Crippen molar-refractivity contribution in [1.82, 2.24) is 9.55 Å². The van der Waals surface area contributed by atoms with Crippen LogP contribution in [0.25, 0.3) is 22.4 Å². The van der Waals surface area contributed by atoms with Crippen LogP contribution < -0.4 is 5.73 Å². The van der Waals surface area contributed by atoms with Gasteiger partial charge in [-0.3, -0.25) is 0 Å². The highest BCUT2D eigenvalue weighted by atomic mass is 19.1. The van der Waals surface area contributed by atoms with E-state index in [0.29, 0.717) is 22.6 Å². The van der Waals surface area contributed by atoms with E-state index in [1.165, 1.54) is 24.3 Å². The Morgan fingerprint density at radius 2 is 1.81 bits per heavy atom. The van der Waals surface area contributed by atoms with Gasteiger partial charge in [0.2, 0.25) is 0 Å². The van der Waals surface area contributed by atoms with E-state index in [2.05, 4.69) is 4.98 Å². The predicted molar refractivity (Wildman–Crippen MR) is 79.8 cm³/mol. The molecule has 0 amide bonds. The highest BCUT2D eigenvalue weighted by Crippen LogP contribution is 2.30. The van der Waals surface area contributed by atoms with Gasteiger partial charge in [-0.25, -0.2) is 13.8 Å². The van der Waals surface area contributed by atoms with Crippen LogP contribution in [0, 0.1) is 11.6 Å². The first kappa shape index (κ1) is 13.5. The zero-order valence-electron chi connectivity index (χ0n) is 11.6. The van der Waals surface area contributed by atoms with Gasteiger partial charge >= 0.3 is 0 Å². The SMILES string of the molecule is CCCn1c(-c2ccc(F)cc2N)nc2cc(F)ccc21. The Morgan fingerprint density at radius 1 is 1.10 bits per heavy atom. The lowest BCUT2D eigenvalue weighted by Gasteiger charge is -2.09. The van der Waals surface area contributed by atoms with Gasteiger partial charge in [-0.2, -0.15) is 0 Å².